The second-order valence-corrected chi connectivity index (χ2v) is 14.4. The highest BCUT2D eigenvalue weighted by molar-refractivity contribution is 7.86. The third kappa shape index (κ3) is 6.78. The van der Waals surface area contributed by atoms with Crippen LogP contribution in [0, 0.1) is 0 Å². The predicted octanol–water partition coefficient (Wildman–Crippen LogP) is 5.19. The molecule has 4 rings (SSSR count). The van der Waals surface area contributed by atoms with E-state index in [0.717, 1.165) is 33.9 Å². The Morgan fingerprint density at radius 1 is 0.756 bits per heavy atom. The lowest BCUT2D eigenvalue weighted by molar-refractivity contribution is -0.432. The van der Waals surface area contributed by atoms with Gasteiger partial charge < -0.3 is 4.90 Å². The smallest absolute Gasteiger partial charge is 0.271 e. The third-order valence-corrected chi connectivity index (χ3v) is 9.09. The number of hydrogen-bond acceptors (Lipinski definition) is 5. The molecule has 2 aromatic rings. The molecule has 0 radical (unpaired) electrons. The van der Waals surface area contributed by atoms with Crippen LogP contribution in [-0.2, 0) is 31.1 Å². The van der Waals surface area contributed by atoms with E-state index in [4.69, 9.17) is 0 Å². The maximum absolute atomic E-state index is 11.5. The van der Waals surface area contributed by atoms with Crippen LogP contribution in [0.25, 0.3) is 0 Å². The molecule has 0 unspecified atom stereocenters. The fourth-order valence-electron chi connectivity index (χ4n) is 5.66. The summed E-state index contributed by atoms with van der Waals surface area (Å²) in [5, 5.41) is 0. The van der Waals surface area contributed by atoms with Crippen molar-refractivity contribution in [1.29, 1.82) is 0 Å². The van der Waals surface area contributed by atoms with E-state index in [1.165, 1.54) is 0 Å². The maximum atomic E-state index is 11.5. The van der Waals surface area contributed by atoms with Crippen molar-refractivity contribution in [2.24, 2.45) is 0 Å². The van der Waals surface area contributed by atoms with Crippen LogP contribution in [0.2, 0.25) is 0 Å². The van der Waals surface area contributed by atoms with Gasteiger partial charge >= 0.3 is 0 Å². The summed E-state index contributed by atoms with van der Waals surface area (Å²) in [6, 6.07) is 15.7. The van der Waals surface area contributed by atoms with Crippen molar-refractivity contribution in [3.63, 3.8) is 0 Å². The Kier molecular flexibility index (Phi) is 8.61. The first-order chi connectivity index (χ1) is 19.1. The third-order valence-electron chi connectivity index (χ3n) is 7.70. The standard InChI is InChI=1S/C31H36N2O6S2/c1-30(2)24-14-10-12-16-26(24)32(20-22-40(34,35)36)28(30)18-8-6-5-7-9-19-29-31(3,4)25-15-11-13-17-27(25)33(29)21-23-41(37,38)39/h5-19H,20-23H2,1-4H3,(H-,34,35,36,37,38,39)/p+1. The Bertz CT molecular complexity index is 1700. The minimum absolute atomic E-state index is 0.141. The van der Waals surface area contributed by atoms with Crippen LogP contribution in [0.1, 0.15) is 38.8 Å². The molecule has 0 fully saturated rings. The predicted molar refractivity (Wildman–Crippen MR) is 164 cm³/mol. The lowest BCUT2D eigenvalue weighted by Crippen LogP contribution is -2.30. The number of rotatable bonds is 10. The first-order valence-electron chi connectivity index (χ1n) is 13.4. The van der Waals surface area contributed by atoms with Gasteiger partial charge in [0.2, 0.25) is 5.69 Å². The van der Waals surface area contributed by atoms with Gasteiger partial charge in [-0.05, 0) is 31.6 Å². The summed E-state index contributed by atoms with van der Waals surface area (Å²) in [4.78, 5) is 1.94. The van der Waals surface area contributed by atoms with Gasteiger partial charge in [-0.25, -0.2) is 0 Å². The average Bonchev–Trinajstić information content (AvgIpc) is 3.23. The molecule has 0 aromatic heterocycles. The van der Waals surface area contributed by atoms with Crippen molar-refractivity contribution in [2.75, 3.05) is 29.5 Å². The van der Waals surface area contributed by atoms with E-state index in [9.17, 15) is 25.9 Å². The lowest BCUT2D eigenvalue weighted by atomic mass is 9.81. The van der Waals surface area contributed by atoms with Crippen LogP contribution in [0.3, 0.4) is 0 Å². The van der Waals surface area contributed by atoms with Gasteiger partial charge in [-0.3, -0.25) is 9.11 Å². The molecule has 2 N–H and O–H groups in total. The Labute approximate surface area is 243 Å². The highest BCUT2D eigenvalue weighted by Crippen LogP contribution is 2.47. The van der Waals surface area contributed by atoms with Crippen LogP contribution in [0.4, 0.5) is 11.4 Å². The van der Waals surface area contributed by atoms with Crippen molar-refractivity contribution >= 4 is 37.3 Å². The molecule has 41 heavy (non-hydrogen) atoms. The van der Waals surface area contributed by atoms with E-state index < -0.39 is 20.2 Å². The molecule has 2 aromatic carbocycles. The molecule has 0 atom stereocenters. The summed E-state index contributed by atoms with van der Waals surface area (Å²) in [6.45, 7) is 8.63. The monoisotopic (exact) mass is 597 g/mol. The number of para-hydroxylation sites is 2. The van der Waals surface area contributed by atoms with Gasteiger partial charge in [0.15, 0.2) is 12.3 Å². The molecule has 0 saturated carbocycles. The SMILES string of the molecule is CC1(C)C(/C=C/C=C/C=C/C=C2/N(CCS(=O)(=O)O)c3ccccc3C2(C)C)=[N+](CCS(=O)(=O)O)c2ccccc21. The zero-order valence-electron chi connectivity index (χ0n) is 23.7. The van der Waals surface area contributed by atoms with Crippen LogP contribution in [-0.4, -0.2) is 60.8 Å². The molecule has 0 amide bonds. The number of allylic oxidation sites excluding steroid dienone is 8. The topological polar surface area (TPSA) is 115 Å². The number of benzene rings is 2. The van der Waals surface area contributed by atoms with Crippen molar-refractivity contribution in [1.82, 2.24) is 0 Å². The molecular formula is C31H37N2O6S2+. The molecule has 2 aliphatic heterocycles. The number of anilines is 1. The van der Waals surface area contributed by atoms with E-state index >= 15 is 0 Å². The van der Waals surface area contributed by atoms with Gasteiger partial charge in [-0.1, -0.05) is 80.6 Å². The minimum Gasteiger partial charge on any atom is -0.343 e. The fourth-order valence-corrected chi connectivity index (χ4v) is 6.49. The second-order valence-electron chi connectivity index (χ2n) is 11.2. The highest BCUT2D eigenvalue weighted by Gasteiger charge is 2.44. The molecule has 10 heteroatoms. The first-order valence-corrected chi connectivity index (χ1v) is 16.6. The summed E-state index contributed by atoms with van der Waals surface area (Å²) in [6.07, 6.45) is 13.4. The lowest BCUT2D eigenvalue weighted by Gasteiger charge is -2.26. The van der Waals surface area contributed by atoms with Gasteiger partial charge in [0.1, 0.15) is 5.75 Å². The Morgan fingerprint density at radius 3 is 2.02 bits per heavy atom. The Hall–Kier alpha value is -3.31. The van der Waals surface area contributed by atoms with E-state index in [2.05, 4.69) is 27.7 Å². The molecule has 2 heterocycles. The first kappa shape index (κ1) is 30.6. The van der Waals surface area contributed by atoms with E-state index in [1.807, 2.05) is 101 Å². The summed E-state index contributed by atoms with van der Waals surface area (Å²) >= 11 is 0. The molecular weight excluding hydrogens is 560 g/mol. The van der Waals surface area contributed by atoms with E-state index in [1.54, 1.807) is 0 Å². The molecule has 8 nitrogen and oxygen atoms in total. The van der Waals surface area contributed by atoms with E-state index in [0.29, 0.717) is 0 Å². The summed E-state index contributed by atoms with van der Waals surface area (Å²) in [7, 11) is -8.22. The maximum Gasteiger partial charge on any atom is 0.271 e. The number of nitrogens with zero attached hydrogens (tertiary/aromatic N) is 2. The van der Waals surface area contributed by atoms with Gasteiger partial charge in [0, 0.05) is 41.1 Å². The Morgan fingerprint density at radius 2 is 1.34 bits per heavy atom. The zero-order chi connectivity index (χ0) is 30.1. The van der Waals surface area contributed by atoms with Crippen LogP contribution in [0.5, 0.6) is 0 Å². The molecule has 218 valence electrons. The number of fused-ring (bicyclic) bond motifs is 2. The van der Waals surface area contributed by atoms with Gasteiger partial charge in [-0.2, -0.15) is 21.4 Å². The van der Waals surface area contributed by atoms with Gasteiger partial charge in [-0.15, -0.1) is 0 Å². The number of hydrogen-bond donors (Lipinski definition) is 2. The van der Waals surface area contributed by atoms with Crippen LogP contribution < -0.4 is 4.90 Å². The van der Waals surface area contributed by atoms with Crippen molar-refractivity contribution < 1.29 is 30.5 Å². The normalized spacial score (nSPS) is 19.3. The van der Waals surface area contributed by atoms with Crippen LogP contribution >= 0.6 is 0 Å². The molecule has 0 spiro atoms. The fraction of sp³-hybridized carbons (Fsp3) is 0.323. The largest absolute Gasteiger partial charge is 0.343 e. The molecule has 2 aliphatic rings. The quantitative estimate of drug-likeness (QED) is 0.220. The second kappa shape index (κ2) is 11.5. The summed E-state index contributed by atoms with van der Waals surface area (Å²) < 4.78 is 66.5. The zero-order valence-corrected chi connectivity index (χ0v) is 25.4. The van der Waals surface area contributed by atoms with Crippen molar-refractivity contribution in [3.8, 4) is 0 Å². The molecule has 0 saturated heterocycles. The van der Waals surface area contributed by atoms with Gasteiger partial charge in [0.05, 0.1) is 11.2 Å². The summed E-state index contributed by atoms with van der Waals surface area (Å²) in [5.74, 6) is -0.743. The highest BCUT2D eigenvalue weighted by atomic mass is 32.2. The van der Waals surface area contributed by atoms with Crippen molar-refractivity contribution in [2.45, 2.75) is 38.5 Å². The molecule has 0 bridgehead atoms. The minimum atomic E-state index is -4.11. The van der Waals surface area contributed by atoms with Gasteiger partial charge in [0.25, 0.3) is 20.2 Å². The average molecular weight is 598 g/mol. The Balaban J connectivity index is 1.55. The van der Waals surface area contributed by atoms with Crippen LogP contribution in [0.15, 0.2) is 96.8 Å². The molecule has 0 aliphatic carbocycles. The van der Waals surface area contributed by atoms with Crippen molar-refractivity contribution in [3.05, 3.63) is 108 Å². The van der Waals surface area contributed by atoms with E-state index in [-0.39, 0.29) is 35.4 Å². The summed E-state index contributed by atoms with van der Waals surface area (Å²) in [5.41, 5.74) is 5.18.